The van der Waals surface area contributed by atoms with E-state index in [2.05, 4.69) is 16.0 Å². The highest BCUT2D eigenvalue weighted by Crippen LogP contribution is 2.34. The van der Waals surface area contributed by atoms with Crippen molar-refractivity contribution < 1.29 is 63.4 Å². The lowest BCUT2D eigenvalue weighted by Gasteiger charge is -2.50. The number of carbonyl (C=O) groups is 5. The Labute approximate surface area is 275 Å². The van der Waals surface area contributed by atoms with Gasteiger partial charge in [0.05, 0.1) is 24.8 Å². The maximum absolute atomic E-state index is 13.3. The number of ether oxygens (including phenoxy) is 2. The Bertz CT molecular complexity index is 1410. The van der Waals surface area contributed by atoms with Crippen molar-refractivity contribution in [3.8, 4) is 11.1 Å². The van der Waals surface area contributed by atoms with E-state index in [-0.39, 0.29) is 31.2 Å². The zero-order chi connectivity index (χ0) is 35.4. The summed E-state index contributed by atoms with van der Waals surface area (Å²) in [5.74, 6) is -8.67. The molecule has 0 radical (unpaired) electrons. The quantitative estimate of drug-likeness (QED) is 0.103. The molecule has 2 aromatic rings. The molecule has 3 rings (SSSR count). The number of aliphatic hydroxyl groups is 3. The summed E-state index contributed by atoms with van der Waals surface area (Å²) in [6.07, 6.45) is -7.68. The Morgan fingerprint density at radius 3 is 2.15 bits per heavy atom. The summed E-state index contributed by atoms with van der Waals surface area (Å²) < 4.78 is 24.4. The molecule has 0 aliphatic carbocycles. The normalized spacial score (nSPS) is 23.4. The molecule has 7 atom stereocenters. The second kappa shape index (κ2) is 17.6. The fourth-order valence-corrected chi connectivity index (χ4v) is 5.28. The molecule has 0 bridgehead atoms. The molecular formula is C32H40FN3O12. The maximum Gasteiger partial charge on any atom is 0.367 e. The van der Waals surface area contributed by atoms with E-state index >= 15 is 0 Å². The number of hydrogen-bond acceptors (Lipinski definition) is 10. The van der Waals surface area contributed by atoms with Gasteiger partial charge in [-0.1, -0.05) is 48.9 Å². The van der Waals surface area contributed by atoms with Crippen LogP contribution in [-0.2, 0) is 28.7 Å². The van der Waals surface area contributed by atoms with Crippen molar-refractivity contribution in [3.05, 3.63) is 60.2 Å². The van der Waals surface area contributed by atoms with E-state index in [4.69, 9.17) is 14.6 Å². The van der Waals surface area contributed by atoms with E-state index in [0.717, 1.165) is 18.1 Å². The van der Waals surface area contributed by atoms with E-state index in [1.165, 1.54) is 0 Å². The molecule has 48 heavy (non-hydrogen) atoms. The molecule has 0 unspecified atom stereocenters. The molecule has 1 aliphatic rings. The Hall–Kier alpha value is -4.48. The number of nitrogens with one attached hydrogen (secondary N) is 3. The minimum atomic E-state index is -3.01. The van der Waals surface area contributed by atoms with E-state index in [1.807, 2.05) is 30.3 Å². The minimum absolute atomic E-state index is 0.114. The number of alkyl halides is 1. The number of carboxylic acids is 2. The van der Waals surface area contributed by atoms with E-state index < -0.39 is 91.8 Å². The van der Waals surface area contributed by atoms with Gasteiger partial charge in [-0.25, -0.2) is 9.18 Å². The highest BCUT2D eigenvalue weighted by molar-refractivity contribution is 5.94. The number of hydrogen-bond donors (Lipinski definition) is 8. The number of halogens is 1. The van der Waals surface area contributed by atoms with Gasteiger partial charge in [0.2, 0.25) is 5.91 Å². The van der Waals surface area contributed by atoms with Crippen LogP contribution in [0.15, 0.2) is 54.6 Å². The lowest BCUT2D eigenvalue weighted by atomic mass is 9.84. The number of aliphatic carboxylic acids is 2. The molecule has 15 nitrogen and oxygen atoms in total. The lowest BCUT2D eigenvalue weighted by molar-refractivity contribution is -0.333. The van der Waals surface area contributed by atoms with Crippen molar-refractivity contribution in [3.63, 3.8) is 0 Å². The maximum atomic E-state index is 13.3. The van der Waals surface area contributed by atoms with Crippen LogP contribution in [0.3, 0.4) is 0 Å². The summed E-state index contributed by atoms with van der Waals surface area (Å²) in [6.45, 7) is -1.55. The molecule has 1 fully saturated rings. The van der Waals surface area contributed by atoms with Crippen LogP contribution in [0, 0.1) is 0 Å². The van der Waals surface area contributed by atoms with Crippen LogP contribution in [0.25, 0.3) is 11.1 Å². The first kappa shape index (κ1) is 38.0. The molecule has 1 heterocycles. The second-order valence-corrected chi connectivity index (χ2v) is 11.2. The minimum Gasteiger partial charge on any atom is -0.481 e. The van der Waals surface area contributed by atoms with Crippen molar-refractivity contribution >= 4 is 29.7 Å². The Morgan fingerprint density at radius 2 is 1.56 bits per heavy atom. The molecule has 0 spiro atoms. The zero-order valence-corrected chi connectivity index (χ0v) is 26.1. The monoisotopic (exact) mass is 677 g/mol. The third kappa shape index (κ3) is 9.77. The molecule has 0 aromatic heterocycles. The number of amides is 3. The summed E-state index contributed by atoms with van der Waals surface area (Å²) in [5.41, 5.74) is 2.00. The summed E-state index contributed by atoms with van der Waals surface area (Å²) in [6, 6.07) is 12.5. The van der Waals surface area contributed by atoms with Crippen molar-refractivity contribution in [1.82, 2.24) is 16.0 Å². The molecule has 16 heteroatoms. The zero-order valence-electron chi connectivity index (χ0n) is 26.1. The SMILES string of the molecule is CC(=O)N[C@@H]1[C@@H](NC(=O)CF)[C@H](O)[C@](OCCCCCC(=O)O)(C(=O)O)O[C@H]1[C@H](O)[C@H](O)CNC(=O)c1ccc(-c2ccccc2)cc1. The van der Waals surface area contributed by atoms with E-state index in [0.29, 0.717) is 0 Å². The van der Waals surface area contributed by atoms with Gasteiger partial charge in [0.25, 0.3) is 17.6 Å². The third-order valence-corrected chi connectivity index (χ3v) is 7.71. The number of unbranched alkanes of at least 4 members (excludes halogenated alkanes) is 2. The third-order valence-electron chi connectivity index (χ3n) is 7.71. The highest BCUT2D eigenvalue weighted by Gasteiger charge is 2.62. The molecule has 3 amide bonds. The predicted octanol–water partition coefficient (Wildman–Crippen LogP) is -0.0336. The predicted molar refractivity (Wildman–Crippen MR) is 165 cm³/mol. The largest absolute Gasteiger partial charge is 0.481 e. The van der Waals surface area contributed by atoms with Crippen LogP contribution in [0.2, 0.25) is 0 Å². The van der Waals surface area contributed by atoms with Crippen LogP contribution in [0.5, 0.6) is 0 Å². The van der Waals surface area contributed by atoms with Crippen LogP contribution in [0.1, 0.15) is 43.0 Å². The average molecular weight is 678 g/mol. The van der Waals surface area contributed by atoms with Gasteiger partial charge < -0.3 is 51.0 Å². The van der Waals surface area contributed by atoms with Crippen molar-refractivity contribution in [2.45, 2.75) is 74.9 Å². The lowest BCUT2D eigenvalue weighted by Crippen LogP contribution is -2.77. The first-order chi connectivity index (χ1) is 22.8. The standard InChI is InChI=1S/C32H40FN3O12/c1-18(37)35-25-26(36-23(39)16-33)29(43)32(31(45)46,47-15-7-3-6-10-24(40)41)48-28(25)27(42)22(38)17-34-30(44)21-13-11-20(12-14-21)19-8-4-2-5-9-19/h2,4-5,8-9,11-14,22,25-29,38,42-43H,3,6-7,10,15-17H2,1H3,(H,34,44)(H,35,37)(H,36,39)(H,40,41)(H,45,46)/t22-,25-,26-,27-,28-,29+,32-/m1/s1. The molecule has 0 saturated carbocycles. The number of carboxylic acid groups (broad SMARTS) is 2. The van der Waals surface area contributed by atoms with Crippen LogP contribution >= 0.6 is 0 Å². The van der Waals surface area contributed by atoms with Gasteiger partial charge in [0.1, 0.15) is 18.3 Å². The Kier molecular flexibility index (Phi) is 13.9. The number of carbonyl (C=O) groups excluding carboxylic acids is 3. The number of rotatable bonds is 17. The van der Waals surface area contributed by atoms with Gasteiger partial charge in [-0.3, -0.25) is 19.2 Å². The summed E-state index contributed by atoms with van der Waals surface area (Å²) in [4.78, 5) is 60.4. The van der Waals surface area contributed by atoms with Gasteiger partial charge in [0.15, 0.2) is 6.67 Å². The second-order valence-electron chi connectivity index (χ2n) is 11.2. The van der Waals surface area contributed by atoms with Gasteiger partial charge in [-0.15, -0.1) is 0 Å². The van der Waals surface area contributed by atoms with Crippen molar-refractivity contribution in [2.75, 3.05) is 19.8 Å². The van der Waals surface area contributed by atoms with Crippen LogP contribution in [0.4, 0.5) is 4.39 Å². The molecule has 1 aliphatic heterocycles. The van der Waals surface area contributed by atoms with Gasteiger partial charge in [-0.05, 0) is 36.1 Å². The number of benzene rings is 2. The fraction of sp³-hybridized carbons (Fsp3) is 0.469. The molecule has 8 N–H and O–H groups in total. The van der Waals surface area contributed by atoms with Gasteiger partial charge in [-0.2, -0.15) is 0 Å². The van der Waals surface area contributed by atoms with Gasteiger partial charge >= 0.3 is 11.9 Å². The fourth-order valence-electron chi connectivity index (χ4n) is 5.28. The Morgan fingerprint density at radius 1 is 0.917 bits per heavy atom. The van der Waals surface area contributed by atoms with Crippen LogP contribution in [-0.4, -0.2) is 117 Å². The Balaban J connectivity index is 1.82. The summed E-state index contributed by atoms with van der Waals surface area (Å²) >= 11 is 0. The molecule has 262 valence electrons. The highest BCUT2D eigenvalue weighted by atomic mass is 19.1. The molecule has 1 saturated heterocycles. The summed E-state index contributed by atoms with van der Waals surface area (Å²) in [5, 5.41) is 59.2. The van der Waals surface area contributed by atoms with Gasteiger partial charge in [0, 0.05) is 25.5 Å². The average Bonchev–Trinajstić information content (AvgIpc) is 3.07. The molecule has 2 aromatic carbocycles. The van der Waals surface area contributed by atoms with E-state index in [1.54, 1.807) is 24.3 Å². The first-order valence-electron chi connectivity index (χ1n) is 15.2. The van der Waals surface area contributed by atoms with Crippen LogP contribution < -0.4 is 16.0 Å². The summed E-state index contributed by atoms with van der Waals surface area (Å²) in [7, 11) is 0. The topological polar surface area (TPSA) is 241 Å². The van der Waals surface area contributed by atoms with E-state index in [9.17, 15) is 48.8 Å². The van der Waals surface area contributed by atoms with Crippen molar-refractivity contribution in [1.29, 1.82) is 0 Å². The smallest absolute Gasteiger partial charge is 0.367 e. The first-order valence-corrected chi connectivity index (χ1v) is 15.2. The van der Waals surface area contributed by atoms with Crippen molar-refractivity contribution in [2.24, 2.45) is 0 Å². The number of aliphatic hydroxyl groups excluding tert-OH is 3. The molecular weight excluding hydrogens is 637 g/mol.